The Hall–Kier alpha value is -4.33. The molecule has 2 aromatic heterocycles. The van der Waals surface area contributed by atoms with Crippen LogP contribution >= 0.6 is 0 Å². The fourth-order valence-electron chi connectivity index (χ4n) is 3.96. The zero-order chi connectivity index (χ0) is 25.0. The summed E-state index contributed by atoms with van der Waals surface area (Å²) in [4.78, 5) is 0. The fourth-order valence-corrected chi connectivity index (χ4v) is 3.96. The summed E-state index contributed by atoms with van der Waals surface area (Å²) >= 11 is 0. The molecule has 0 spiro atoms. The highest BCUT2D eigenvalue weighted by atomic mass is 19.4. The van der Waals surface area contributed by atoms with Gasteiger partial charge in [0, 0.05) is 18.8 Å². The summed E-state index contributed by atoms with van der Waals surface area (Å²) in [5.41, 5.74) is 2.97. The average Bonchev–Trinajstić information content (AvgIpc) is 3.62. The number of rotatable bonds is 8. The smallest absolute Gasteiger partial charge is 0.416 e. The van der Waals surface area contributed by atoms with E-state index in [2.05, 4.69) is 10.2 Å². The van der Waals surface area contributed by atoms with Gasteiger partial charge in [0.2, 0.25) is 12.3 Å². The van der Waals surface area contributed by atoms with Gasteiger partial charge in [-0.2, -0.15) is 13.2 Å². The molecule has 1 unspecified atom stereocenters. The van der Waals surface area contributed by atoms with Crippen LogP contribution in [0.3, 0.4) is 0 Å². The standard InChI is InChI=1S/C28H22F3N3O2/c29-28(30,31)24-11-9-23(10-12-24)22-7-3-21(4-8-22)18-35-25-13-5-20(6-14-25)17-26(27-33-32-19-36-27)34-15-1-2-16-34/h1-16,19,26H,17-18H2. The molecule has 0 aliphatic rings. The number of hydrogen-bond acceptors (Lipinski definition) is 4. The Morgan fingerprint density at radius 1 is 0.806 bits per heavy atom. The number of alkyl halides is 3. The van der Waals surface area contributed by atoms with Gasteiger partial charge in [0.05, 0.1) is 5.56 Å². The molecule has 0 radical (unpaired) electrons. The SMILES string of the molecule is FC(F)(F)c1ccc(-c2ccc(COc3ccc(CC(c4nnco4)n4cccc4)cc3)cc2)cc1. The molecule has 5 rings (SSSR count). The quantitative estimate of drug-likeness (QED) is 0.236. The number of aromatic nitrogens is 3. The Balaban J connectivity index is 1.19. The van der Waals surface area contributed by atoms with Gasteiger partial charge in [-0.05, 0) is 58.7 Å². The van der Waals surface area contributed by atoms with Crippen LogP contribution in [0.5, 0.6) is 5.75 Å². The van der Waals surface area contributed by atoms with Gasteiger partial charge in [0.25, 0.3) is 0 Å². The Labute approximate surface area is 205 Å². The molecular weight excluding hydrogens is 467 g/mol. The first kappa shape index (κ1) is 23.4. The van der Waals surface area contributed by atoms with E-state index >= 15 is 0 Å². The van der Waals surface area contributed by atoms with Gasteiger partial charge in [0.15, 0.2) is 0 Å². The van der Waals surface area contributed by atoms with Crippen molar-refractivity contribution in [3.8, 4) is 16.9 Å². The minimum atomic E-state index is -4.34. The Morgan fingerprint density at radius 2 is 1.42 bits per heavy atom. The summed E-state index contributed by atoms with van der Waals surface area (Å²) < 4.78 is 51.7. The van der Waals surface area contributed by atoms with Crippen LogP contribution in [0.1, 0.15) is 28.6 Å². The van der Waals surface area contributed by atoms with E-state index in [1.54, 1.807) is 0 Å². The Bertz CT molecular complexity index is 1330. The van der Waals surface area contributed by atoms with E-state index in [0.29, 0.717) is 18.9 Å². The number of hydrogen-bond donors (Lipinski definition) is 0. The first-order chi connectivity index (χ1) is 17.5. The maximum absolute atomic E-state index is 12.8. The van der Waals surface area contributed by atoms with E-state index in [-0.39, 0.29) is 6.04 Å². The van der Waals surface area contributed by atoms with E-state index in [4.69, 9.17) is 9.15 Å². The predicted octanol–water partition coefficient (Wildman–Crippen LogP) is 6.97. The van der Waals surface area contributed by atoms with Crippen LogP contribution in [0.4, 0.5) is 13.2 Å². The van der Waals surface area contributed by atoms with Crippen LogP contribution in [-0.2, 0) is 19.2 Å². The molecule has 3 aromatic carbocycles. The fraction of sp³-hybridized carbons (Fsp3) is 0.143. The summed E-state index contributed by atoms with van der Waals surface area (Å²) in [7, 11) is 0. The largest absolute Gasteiger partial charge is 0.489 e. The lowest BCUT2D eigenvalue weighted by Crippen LogP contribution is -2.12. The zero-order valence-corrected chi connectivity index (χ0v) is 19.1. The first-order valence-electron chi connectivity index (χ1n) is 11.3. The van der Waals surface area contributed by atoms with Gasteiger partial charge in [-0.1, -0.05) is 48.5 Å². The topological polar surface area (TPSA) is 53.1 Å². The highest BCUT2D eigenvalue weighted by Gasteiger charge is 2.30. The molecular formula is C28H22F3N3O2. The normalized spacial score (nSPS) is 12.4. The van der Waals surface area contributed by atoms with E-state index in [1.165, 1.54) is 18.5 Å². The van der Waals surface area contributed by atoms with Crippen molar-refractivity contribution >= 4 is 0 Å². The Morgan fingerprint density at radius 3 is 2.00 bits per heavy atom. The second kappa shape index (κ2) is 10.1. The molecule has 5 nitrogen and oxygen atoms in total. The second-order valence-corrected chi connectivity index (χ2v) is 8.33. The minimum Gasteiger partial charge on any atom is -0.489 e. The van der Waals surface area contributed by atoms with Crippen molar-refractivity contribution in [1.29, 1.82) is 0 Å². The summed E-state index contributed by atoms with van der Waals surface area (Å²) in [5, 5.41) is 7.89. The van der Waals surface area contributed by atoms with Crippen molar-refractivity contribution in [3.63, 3.8) is 0 Å². The predicted molar refractivity (Wildman–Crippen MR) is 128 cm³/mol. The van der Waals surface area contributed by atoms with Gasteiger partial charge in [-0.3, -0.25) is 0 Å². The minimum absolute atomic E-state index is 0.0996. The van der Waals surface area contributed by atoms with Crippen LogP contribution < -0.4 is 4.74 Å². The Kier molecular flexibility index (Phi) is 6.58. The van der Waals surface area contributed by atoms with Crippen LogP contribution in [0.25, 0.3) is 11.1 Å². The molecule has 0 bridgehead atoms. The number of nitrogens with zero attached hydrogens (tertiary/aromatic N) is 3. The summed E-state index contributed by atoms with van der Waals surface area (Å²) in [5.74, 6) is 1.28. The zero-order valence-electron chi connectivity index (χ0n) is 19.1. The van der Waals surface area contributed by atoms with Gasteiger partial charge >= 0.3 is 6.18 Å². The number of benzene rings is 3. The van der Waals surface area contributed by atoms with E-state index in [9.17, 15) is 13.2 Å². The maximum atomic E-state index is 12.8. The molecule has 0 aliphatic heterocycles. The summed E-state index contributed by atoms with van der Waals surface area (Å²) in [6, 6.07) is 24.4. The maximum Gasteiger partial charge on any atom is 0.416 e. The summed E-state index contributed by atoms with van der Waals surface area (Å²) in [6.07, 6.45) is 1.61. The van der Waals surface area contributed by atoms with Crippen molar-refractivity contribution in [2.24, 2.45) is 0 Å². The molecule has 36 heavy (non-hydrogen) atoms. The van der Waals surface area contributed by atoms with Crippen molar-refractivity contribution in [1.82, 2.24) is 14.8 Å². The van der Waals surface area contributed by atoms with Crippen molar-refractivity contribution < 1.29 is 22.3 Å². The van der Waals surface area contributed by atoms with E-state index in [1.807, 2.05) is 77.6 Å². The van der Waals surface area contributed by atoms with E-state index < -0.39 is 11.7 Å². The average molecular weight is 489 g/mol. The first-order valence-corrected chi connectivity index (χ1v) is 11.3. The molecule has 0 amide bonds. The van der Waals surface area contributed by atoms with Crippen LogP contribution in [0.2, 0.25) is 0 Å². The molecule has 0 fully saturated rings. The van der Waals surface area contributed by atoms with Crippen molar-refractivity contribution in [3.05, 3.63) is 126 Å². The molecule has 0 aliphatic carbocycles. The number of ether oxygens (including phenoxy) is 1. The molecule has 1 atom stereocenters. The third-order valence-electron chi connectivity index (χ3n) is 5.91. The lowest BCUT2D eigenvalue weighted by Gasteiger charge is -2.15. The van der Waals surface area contributed by atoms with Gasteiger partial charge in [-0.25, -0.2) is 0 Å². The van der Waals surface area contributed by atoms with Crippen molar-refractivity contribution in [2.45, 2.75) is 25.2 Å². The van der Waals surface area contributed by atoms with Gasteiger partial charge < -0.3 is 13.7 Å². The molecule has 0 N–H and O–H groups in total. The van der Waals surface area contributed by atoms with Crippen molar-refractivity contribution in [2.75, 3.05) is 0 Å². The van der Waals surface area contributed by atoms with Gasteiger partial charge in [0.1, 0.15) is 18.4 Å². The second-order valence-electron chi connectivity index (χ2n) is 8.33. The molecule has 8 heteroatoms. The highest BCUT2D eigenvalue weighted by molar-refractivity contribution is 5.64. The third-order valence-corrected chi connectivity index (χ3v) is 5.91. The van der Waals surface area contributed by atoms with E-state index in [0.717, 1.165) is 40.1 Å². The molecule has 182 valence electrons. The molecule has 0 saturated carbocycles. The van der Waals surface area contributed by atoms with Crippen LogP contribution in [0, 0.1) is 0 Å². The van der Waals surface area contributed by atoms with Crippen LogP contribution in [0.15, 0.2) is 108 Å². The summed E-state index contributed by atoms with van der Waals surface area (Å²) in [6.45, 7) is 0.376. The monoisotopic (exact) mass is 489 g/mol. The molecule has 0 saturated heterocycles. The number of halogens is 3. The van der Waals surface area contributed by atoms with Crippen LogP contribution in [-0.4, -0.2) is 14.8 Å². The van der Waals surface area contributed by atoms with Gasteiger partial charge in [-0.15, -0.1) is 10.2 Å². The lowest BCUT2D eigenvalue weighted by molar-refractivity contribution is -0.137. The molecule has 2 heterocycles. The highest BCUT2D eigenvalue weighted by Crippen LogP contribution is 2.31. The lowest BCUT2D eigenvalue weighted by atomic mass is 10.0. The molecule has 5 aromatic rings. The third kappa shape index (κ3) is 5.49.